The first kappa shape index (κ1) is 16.4. The van der Waals surface area contributed by atoms with Crippen LogP contribution in [0, 0.1) is 11.3 Å². The third kappa shape index (κ3) is 2.97. The molecule has 0 N–H and O–H groups in total. The lowest BCUT2D eigenvalue weighted by molar-refractivity contribution is 0.0730. The smallest absolute Gasteiger partial charge is 0.255 e. The summed E-state index contributed by atoms with van der Waals surface area (Å²) in [5.41, 5.74) is 1.66. The Labute approximate surface area is 153 Å². The van der Waals surface area contributed by atoms with Gasteiger partial charge in [-0.15, -0.1) is 0 Å². The van der Waals surface area contributed by atoms with Crippen LogP contribution in [0.2, 0.25) is 0 Å². The van der Waals surface area contributed by atoms with Crippen molar-refractivity contribution in [3.63, 3.8) is 0 Å². The molecule has 1 fully saturated rings. The number of hydrogen-bond acceptors (Lipinski definition) is 3. The Hall–Kier alpha value is -3.06. The first-order valence-corrected chi connectivity index (χ1v) is 8.96. The van der Waals surface area contributed by atoms with Crippen LogP contribution in [0.3, 0.4) is 0 Å². The van der Waals surface area contributed by atoms with Crippen molar-refractivity contribution >= 4 is 12.0 Å². The second-order valence-corrected chi connectivity index (χ2v) is 6.84. The van der Waals surface area contributed by atoms with E-state index in [-0.39, 0.29) is 11.5 Å². The van der Waals surface area contributed by atoms with Crippen LogP contribution in [-0.4, -0.2) is 29.5 Å². The molecule has 4 nitrogen and oxygen atoms in total. The molecule has 130 valence electrons. The van der Waals surface area contributed by atoms with Gasteiger partial charge in [-0.05, 0) is 37.1 Å². The van der Waals surface area contributed by atoms with Crippen molar-refractivity contribution in [3.05, 3.63) is 71.3 Å². The Kier molecular flexibility index (Phi) is 4.22. The number of likely N-dealkylation sites (tertiary alicyclic amines) is 1. The molecular formula is C22H20N2O2. The van der Waals surface area contributed by atoms with Crippen molar-refractivity contribution in [2.24, 2.45) is 0 Å². The monoisotopic (exact) mass is 344 g/mol. The number of benzene rings is 2. The maximum Gasteiger partial charge on any atom is 0.255 e. The zero-order valence-electron chi connectivity index (χ0n) is 14.5. The van der Waals surface area contributed by atoms with Crippen molar-refractivity contribution in [1.82, 2.24) is 4.90 Å². The van der Waals surface area contributed by atoms with Gasteiger partial charge >= 0.3 is 0 Å². The molecule has 2 aliphatic heterocycles. The average molecular weight is 344 g/mol. The van der Waals surface area contributed by atoms with E-state index in [9.17, 15) is 10.1 Å². The normalized spacial score (nSPS) is 21.4. The number of rotatable bonds is 1. The molecule has 2 aliphatic rings. The molecule has 0 bridgehead atoms. The van der Waals surface area contributed by atoms with E-state index in [0.717, 1.165) is 30.6 Å². The molecule has 1 atom stereocenters. The van der Waals surface area contributed by atoms with Crippen LogP contribution in [-0.2, 0) is 0 Å². The van der Waals surface area contributed by atoms with Gasteiger partial charge in [0.15, 0.2) is 0 Å². The average Bonchev–Trinajstić information content (AvgIpc) is 2.90. The highest BCUT2D eigenvalue weighted by Crippen LogP contribution is 2.37. The van der Waals surface area contributed by atoms with Gasteiger partial charge in [0.25, 0.3) is 5.91 Å². The SMILES string of the molecule is N#Cc1ccccc1C(=O)N1CCCC2(C=Cc3ccccc3O2)CC1. The molecule has 4 rings (SSSR count). The fourth-order valence-electron chi connectivity index (χ4n) is 3.75. The minimum Gasteiger partial charge on any atom is -0.483 e. The van der Waals surface area contributed by atoms with E-state index in [4.69, 9.17) is 4.74 Å². The molecule has 0 saturated carbocycles. The van der Waals surface area contributed by atoms with Crippen LogP contribution >= 0.6 is 0 Å². The Balaban J connectivity index is 1.53. The van der Waals surface area contributed by atoms with E-state index in [1.54, 1.807) is 24.3 Å². The van der Waals surface area contributed by atoms with E-state index in [0.29, 0.717) is 24.2 Å². The molecule has 1 amide bonds. The van der Waals surface area contributed by atoms with E-state index >= 15 is 0 Å². The van der Waals surface area contributed by atoms with Crippen LogP contribution in [0.4, 0.5) is 0 Å². The summed E-state index contributed by atoms with van der Waals surface area (Å²) in [5, 5.41) is 9.26. The second kappa shape index (κ2) is 6.68. The van der Waals surface area contributed by atoms with Crippen LogP contribution in [0.15, 0.2) is 54.6 Å². The summed E-state index contributed by atoms with van der Waals surface area (Å²) in [6.45, 7) is 1.30. The molecule has 1 unspecified atom stereocenters. The summed E-state index contributed by atoms with van der Waals surface area (Å²) < 4.78 is 6.34. The number of carbonyl (C=O) groups excluding carboxylic acids is 1. The van der Waals surface area contributed by atoms with Crippen LogP contribution in [0.25, 0.3) is 6.08 Å². The summed E-state index contributed by atoms with van der Waals surface area (Å²) in [6.07, 6.45) is 6.76. The number of ether oxygens (including phenoxy) is 1. The van der Waals surface area contributed by atoms with Crippen LogP contribution < -0.4 is 4.74 Å². The molecule has 0 aromatic heterocycles. The summed E-state index contributed by atoms with van der Waals surface area (Å²) in [7, 11) is 0. The number of nitrogens with zero attached hydrogens (tertiary/aromatic N) is 2. The number of nitriles is 1. The number of carbonyl (C=O) groups is 1. The topological polar surface area (TPSA) is 53.3 Å². The molecule has 1 saturated heterocycles. The lowest BCUT2D eigenvalue weighted by Gasteiger charge is -2.34. The Morgan fingerprint density at radius 1 is 1.08 bits per heavy atom. The van der Waals surface area contributed by atoms with Gasteiger partial charge in [0, 0.05) is 25.1 Å². The molecule has 0 aliphatic carbocycles. The van der Waals surface area contributed by atoms with Gasteiger partial charge in [-0.3, -0.25) is 4.79 Å². The highest BCUT2D eigenvalue weighted by Gasteiger charge is 2.36. The third-order valence-electron chi connectivity index (χ3n) is 5.20. The van der Waals surface area contributed by atoms with Gasteiger partial charge in [-0.25, -0.2) is 0 Å². The summed E-state index contributed by atoms with van der Waals surface area (Å²) in [4.78, 5) is 14.8. The van der Waals surface area contributed by atoms with Crippen molar-refractivity contribution in [2.75, 3.05) is 13.1 Å². The predicted octanol–water partition coefficient (Wildman–Crippen LogP) is 4.03. The number of hydrogen-bond donors (Lipinski definition) is 0. The molecule has 1 spiro atoms. The molecular weight excluding hydrogens is 324 g/mol. The van der Waals surface area contributed by atoms with E-state index in [1.807, 2.05) is 29.2 Å². The minimum atomic E-state index is -0.349. The second-order valence-electron chi connectivity index (χ2n) is 6.84. The zero-order valence-corrected chi connectivity index (χ0v) is 14.5. The summed E-state index contributed by atoms with van der Waals surface area (Å²) >= 11 is 0. The van der Waals surface area contributed by atoms with Gasteiger partial charge in [0.1, 0.15) is 11.4 Å². The van der Waals surface area contributed by atoms with Crippen molar-refractivity contribution in [3.8, 4) is 11.8 Å². The van der Waals surface area contributed by atoms with Crippen molar-refractivity contribution < 1.29 is 9.53 Å². The fourth-order valence-corrected chi connectivity index (χ4v) is 3.75. The summed E-state index contributed by atoms with van der Waals surface area (Å²) in [6, 6.07) is 17.2. The molecule has 2 aromatic carbocycles. The Bertz CT molecular complexity index is 912. The van der Waals surface area contributed by atoms with Gasteiger partial charge in [0.05, 0.1) is 17.2 Å². The summed E-state index contributed by atoms with van der Waals surface area (Å²) in [5.74, 6) is 0.837. The maximum atomic E-state index is 12.9. The van der Waals surface area contributed by atoms with Crippen LogP contribution in [0.5, 0.6) is 5.75 Å². The van der Waals surface area contributed by atoms with E-state index < -0.39 is 0 Å². The quantitative estimate of drug-likeness (QED) is 0.785. The zero-order chi connectivity index (χ0) is 18.0. The van der Waals surface area contributed by atoms with Gasteiger partial charge in [-0.1, -0.05) is 36.4 Å². The van der Waals surface area contributed by atoms with Gasteiger partial charge < -0.3 is 9.64 Å². The highest BCUT2D eigenvalue weighted by molar-refractivity contribution is 5.96. The highest BCUT2D eigenvalue weighted by atomic mass is 16.5. The van der Waals surface area contributed by atoms with E-state index in [2.05, 4.69) is 18.2 Å². The molecule has 2 heterocycles. The lowest BCUT2D eigenvalue weighted by Crippen LogP contribution is -2.38. The number of para-hydroxylation sites is 1. The Morgan fingerprint density at radius 2 is 1.88 bits per heavy atom. The first-order valence-electron chi connectivity index (χ1n) is 8.96. The van der Waals surface area contributed by atoms with Gasteiger partial charge in [-0.2, -0.15) is 5.26 Å². The molecule has 26 heavy (non-hydrogen) atoms. The lowest BCUT2D eigenvalue weighted by atomic mass is 9.91. The molecule has 4 heteroatoms. The standard InChI is InChI=1S/C22H20N2O2/c23-16-18-7-1-3-8-19(18)21(25)24-14-5-11-22(13-15-24)12-10-17-6-2-4-9-20(17)26-22/h1-4,6-10,12H,5,11,13-15H2. The third-order valence-corrected chi connectivity index (χ3v) is 5.20. The predicted molar refractivity (Wildman–Crippen MR) is 99.7 cm³/mol. The number of fused-ring (bicyclic) bond motifs is 1. The molecule has 0 radical (unpaired) electrons. The fraction of sp³-hybridized carbons (Fsp3) is 0.273. The van der Waals surface area contributed by atoms with Crippen molar-refractivity contribution in [1.29, 1.82) is 5.26 Å². The van der Waals surface area contributed by atoms with Crippen molar-refractivity contribution in [2.45, 2.75) is 24.9 Å². The largest absolute Gasteiger partial charge is 0.483 e. The first-order chi connectivity index (χ1) is 12.7. The van der Waals surface area contributed by atoms with E-state index in [1.165, 1.54) is 0 Å². The van der Waals surface area contributed by atoms with Gasteiger partial charge in [0.2, 0.25) is 0 Å². The molecule has 2 aromatic rings. The van der Waals surface area contributed by atoms with Crippen LogP contribution in [0.1, 0.15) is 40.7 Å². The minimum absolute atomic E-state index is 0.0700. The Morgan fingerprint density at radius 3 is 2.77 bits per heavy atom. The maximum absolute atomic E-state index is 12.9. The number of amides is 1.